The van der Waals surface area contributed by atoms with Gasteiger partial charge in [-0.05, 0) is 61.8 Å². The average molecular weight is 545 g/mol. The van der Waals surface area contributed by atoms with E-state index in [0.29, 0.717) is 28.1 Å². The molecule has 38 heavy (non-hydrogen) atoms. The van der Waals surface area contributed by atoms with E-state index >= 15 is 0 Å². The second kappa shape index (κ2) is 10.4. The molecule has 0 saturated carbocycles. The maximum absolute atomic E-state index is 12.9. The molecule has 0 bridgehead atoms. The summed E-state index contributed by atoms with van der Waals surface area (Å²) in [4.78, 5) is 33.2. The molecule has 0 aliphatic carbocycles. The molecule has 6 rings (SSSR count). The first-order valence-corrected chi connectivity index (χ1v) is 14.1. The number of halogens is 3. The second-order valence-corrected chi connectivity index (χ2v) is 12.0. The first-order valence-electron chi connectivity index (χ1n) is 13.3. The summed E-state index contributed by atoms with van der Waals surface area (Å²) in [6, 6.07) is 5.25. The Bertz CT molecular complexity index is 1280. The minimum absolute atomic E-state index is 0.0680. The van der Waals surface area contributed by atoms with E-state index in [1.807, 2.05) is 11.0 Å². The minimum Gasteiger partial charge on any atom is -0.355 e. The van der Waals surface area contributed by atoms with E-state index in [1.54, 1.807) is 24.5 Å². The lowest BCUT2D eigenvalue weighted by atomic mass is 9.87. The van der Waals surface area contributed by atoms with Crippen molar-refractivity contribution >= 4 is 33.3 Å². The van der Waals surface area contributed by atoms with E-state index in [2.05, 4.69) is 24.8 Å². The molecule has 0 aromatic carbocycles. The van der Waals surface area contributed by atoms with Gasteiger partial charge in [0, 0.05) is 56.5 Å². The van der Waals surface area contributed by atoms with Crippen molar-refractivity contribution in [3.05, 3.63) is 47.4 Å². The SMILES string of the molecule is O=C(c1cccnc1)N1CCC(CN2CC[C@@H]3CN(c4ncnc5sc(CC(F)(F)F)cc45)C[C@@H]3C2)CC1. The highest BCUT2D eigenvalue weighted by Crippen LogP contribution is 2.38. The van der Waals surface area contributed by atoms with Crippen LogP contribution in [0.25, 0.3) is 10.2 Å². The fourth-order valence-corrected chi connectivity index (χ4v) is 7.39. The van der Waals surface area contributed by atoms with Crippen molar-refractivity contribution in [1.29, 1.82) is 0 Å². The number of amides is 1. The van der Waals surface area contributed by atoms with Crippen molar-refractivity contribution in [2.45, 2.75) is 31.9 Å². The molecule has 3 aliphatic heterocycles. The number of aromatic nitrogens is 3. The fourth-order valence-electron chi connectivity index (χ4n) is 6.37. The first kappa shape index (κ1) is 25.5. The van der Waals surface area contributed by atoms with Crippen LogP contribution in [-0.4, -0.2) is 82.6 Å². The van der Waals surface area contributed by atoms with Gasteiger partial charge in [-0.3, -0.25) is 9.78 Å². The van der Waals surface area contributed by atoms with Gasteiger partial charge < -0.3 is 14.7 Å². The molecule has 3 aliphatic rings. The molecule has 0 unspecified atom stereocenters. The van der Waals surface area contributed by atoms with Gasteiger partial charge in [-0.25, -0.2) is 9.97 Å². The molecule has 3 saturated heterocycles. The Morgan fingerprint density at radius 3 is 2.63 bits per heavy atom. The quantitative estimate of drug-likeness (QED) is 0.471. The van der Waals surface area contributed by atoms with Crippen molar-refractivity contribution < 1.29 is 18.0 Å². The summed E-state index contributed by atoms with van der Waals surface area (Å²) in [6.45, 7) is 6.49. The highest BCUT2D eigenvalue weighted by molar-refractivity contribution is 7.18. The molecule has 2 atom stereocenters. The summed E-state index contributed by atoms with van der Waals surface area (Å²) in [5.74, 6) is 2.52. The van der Waals surface area contributed by atoms with Crippen LogP contribution in [0.5, 0.6) is 0 Å². The molecule has 0 spiro atoms. The zero-order chi connectivity index (χ0) is 26.3. The summed E-state index contributed by atoms with van der Waals surface area (Å²) >= 11 is 1.11. The normalized spacial score (nSPS) is 23.2. The number of piperidine rings is 2. The average Bonchev–Trinajstić information content (AvgIpc) is 3.51. The van der Waals surface area contributed by atoms with E-state index in [1.165, 1.54) is 6.33 Å². The summed E-state index contributed by atoms with van der Waals surface area (Å²) in [6.07, 6.45) is 2.79. The molecule has 11 heteroatoms. The predicted octanol–water partition coefficient (Wildman–Crippen LogP) is 4.50. The van der Waals surface area contributed by atoms with E-state index in [-0.39, 0.29) is 10.8 Å². The van der Waals surface area contributed by atoms with Gasteiger partial charge in [0.1, 0.15) is 17.0 Å². The van der Waals surface area contributed by atoms with Gasteiger partial charge in [-0.1, -0.05) is 0 Å². The summed E-state index contributed by atoms with van der Waals surface area (Å²) in [7, 11) is 0. The zero-order valence-electron chi connectivity index (χ0n) is 21.1. The van der Waals surface area contributed by atoms with Crippen LogP contribution in [0, 0.1) is 17.8 Å². The lowest BCUT2D eigenvalue weighted by Gasteiger charge is -2.39. The van der Waals surface area contributed by atoms with Crippen LogP contribution in [0.4, 0.5) is 19.0 Å². The van der Waals surface area contributed by atoms with Crippen molar-refractivity contribution in [3.8, 4) is 0 Å². The first-order chi connectivity index (χ1) is 18.3. The molecule has 202 valence electrons. The number of nitrogens with zero attached hydrogens (tertiary/aromatic N) is 6. The topological polar surface area (TPSA) is 65.5 Å². The smallest absolute Gasteiger partial charge is 0.355 e. The van der Waals surface area contributed by atoms with Gasteiger partial charge in [-0.15, -0.1) is 11.3 Å². The van der Waals surface area contributed by atoms with Crippen molar-refractivity contribution in [2.75, 3.05) is 50.7 Å². The fraction of sp³-hybridized carbons (Fsp3) is 0.556. The molecule has 6 heterocycles. The monoisotopic (exact) mass is 544 g/mol. The van der Waals surface area contributed by atoms with Gasteiger partial charge in [-0.2, -0.15) is 13.2 Å². The largest absolute Gasteiger partial charge is 0.393 e. The van der Waals surface area contributed by atoms with Crippen LogP contribution < -0.4 is 4.90 Å². The summed E-state index contributed by atoms with van der Waals surface area (Å²) in [5, 5.41) is 0.736. The number of anilines is 1. The van der Waals surface area contributed by atoms with Gasteiger partial charge in [0.2, 0.25) is 0 Å². The third-order valence-electron chi connectivity index (χ3n) is 8.25. The Hall–Kier alpha value is -2.79. The highest BCUT2D eigenvalue weighted by Gasteiger charge is 2.39. The van der Waals surface area contributed by atoms with Crippen LogP contribution in [0.1, 0.15) is 34.5 Å². The lowest BCUT2D eigenvalue weighted by Crippen LogP contribution is -2.45. The molecular weight excluding hydrogens is 513 g/mol. The number of thiophene rings is 1. The number of carbonyl (C=O) groups excluding carboxylic acids is 1. The zero-order valence-corrected chi connectivity index (χ0v) is 21.9. The van der Waals surface area contributed by atoms with Gasteiger partial charge in [0.05, 0.1) is 17.4 Å². The number of pyridine rings is 1. The lowest BCUT2D eigenvalue weighted by molar-refractivity contribution is -0.126. The summed E-state index contributed by atoms with van der Waals surface area (Å²) in [5.41, 5.74) is 0.652. The van der Waals surface area contributed by atoms with Crippen LogP contribution in [0.15, 0.2) is 36.9 Å². The van der Waals surface area contributed by atoms with Crippen molar-refractivity contribution in [2.24, 2.45) is 17.8 Å². The van der Waals surface area contributed by atoms with Gasteiger partial charge >= 0.3 is 6.18 Å². The Balaban J connectivity index is 1.04. The standard InChI is InChI=1S/C27H31F3N6OS/c28-27(29,30)11-22-10-23-24(32-17-33-25(23)38-22)36-15-20-5-7-34(14-21(20)16-36)13-18-3-8-35(9-4-18)26(37)19-2-1-6-31-12-19/h1-2,6,10,12,17-18,20-21H,3-5,7-9,11,13-16H2/t20-,21+/m1/s1. The number of alkyl halides is 3. The number of carbonyl (C=O) groups is 1. The number of fused-ring (bicyclic) bond motifs is 2. The van der Waals surface area contributed by atoms with Gasteiger partial charge in [0.15, 0.2) is 0 Å². The molecule has 0 radical (unpaired) electrons. The Morgan fingerprint density at radius 1 is 1.05 bits per heavy atom. The predicted molar refractivity (Wildman–Crippen MR) is 140 cm³/mol. The van der Waals surface area contributed by atoms with Crippen molar-refractivity contribution in [3.63, 3.8) is 0 Å². The number of rotatable bonds is 5. The van der Waals surface area contributed by atoms with Crippen LogP contribution in [-0.2, 0) is 6.42 Å². The Labute approximate surface area is 223 Å². The molecule has 3 aromatic heterocycles. The second-order valence-electron chi connectivity index (χ2n) is 10.9. The third-order valence-corrected chi connectivity index (χ3v) is 9.29. The number of likely N-dealkylation sites (tertiary alicyclic amines) is 2. The number of hydrogen-bond donors (Lipinski definition) is 0. The van der Waals surface area contributed by atoms with Crippen molar-refractivity contribution in [1.82, 2.24) is 24.8 Å². The molecule has 3 aromatic rings. The molecule has 1 amide bonds. The van der Waals surface area contributed by atoms with Crippen LogP contribution >= 0.6 is 11.3 Å². The maximum Gasteiger partial charge on any atom is 0.393 e. The van der Waals surface area contributed by atoms with Crippen LogP contribution in [0.2, 0.25) is 0 Å². The third kappa shape index (κ3) is 5.49. The van der Waals surface area contributed by atoms with E-state index in [9.17, 15) is 18.0 Å². The number of hydrogen-bond acceptors (Lipinski definition) is 7. The summed E-state index contributed by atoms with van der Waals surface area (Å²) < 4.78 is 38.8. The Morgan fingerprint density at radius 2 is 1.87 bits per heavy atom. The van der Waals surface area contributed by atoms with E-state index in [0.717, 1.165) is 87.6 Å². The van der Waals surface area contributed by atoms with Gasteiger partial charge in [0.25, 0.3) is 5.91 Å². The molecule has 7 nitrogen and oxygen atoms in total. The van der Waals surface area contributed by atoms with E-state index in [4.69, 9.17) is 0 Å². The highest BCUT2D eigenvalue weighted by atomic mass is 32.1. The minimum atomic E-state index is -4.23. The Kier molecular flexibility index (Phi) is 6.98. The molecule has 3 fully saturated rings. The molecular formula is C27H31F3N6OS. The van der Waals surface area contributed by atoms with Crippen LogP contribution in [0.3, 0.4) is 0 Å². The molecule has 0 N–H and O–H groups in total. The maximum atomic E-state index is 12.9. The van der Waals surface area contributed by atoms with E-state index < -0.39 is 12.6 Å².